The van der Waals surface area contributed by atoms with Gasteiger partial charge in [0.2, 0.25) is 11.8 Å². The maximum absolute atomic E-state index is 12.8. The third kappa shape index (κ3) is 4.28. The topological polar surface area (TPSA) is 71.5 Å². The Morgan fingerprint density at radius 1 is 1.03 bits per heavy atom. The molecule has 2 aliphatic heterocycles. The molecule has 5 rings (SSSR count). The lowest BCUT2D eigenvalue weighted by molar-refractivity contribution is -0.137. The minimum absolute atomic E-state index is 0.0145. The van der Waals surface area contributed by atoms with Crippen molar-refractivity contribution in [1.82, 2.24) is 19.9 Å². The third-order valence-electron chi connectivity index (χ3n) is 6.05. The summed E-state index contributed by atoms with van der Waals surface area (Å²) in [5.74, 6) is 1.42. The van der Waals surface area contributed by atoms with Gasteiger partial charge in [0.05, 0.1) is 36.2 Å². The molecule has 10 heteroatoms. The second-order valence-electron chi connectivity index (χ2n) is 8.33. The minimum Gasteiger partial charge on any atom is -0.471 e. The minimum atomic E-state index is -4.42. The molecule has 0 radical (unpaired) electrons. The smallest absolute Gasteiger partial charge is 0.417 e. The van der Waals surface area contributed by atoms with Gasteiger partial charge in [-0.25, -0.2) is 9.97 Å². The Balaban J connectivity index is 1.25. The zero-order chi connectivity index (χ0) is 21.6. The number of halogens is 3. The Morgan fingerprint density at radius 2 is 1.87 bits per heavy atom. The summed E-state index contributed by atoms with van der Waals surface area (Å²) in [7, 11) is 0. The van der Waals surface area contributed by atoms with Gasteiger partial charge in [-0.15, -0.1) is 0 Å². The zero-order valence-corrected chi connectivity index (χ0v) is 16.8. The second-order valence-corrected chi connectivity index (χ2v) is 8.33. The Bertz CT molecular complexity index is 947. The highest BCUT2D eigenvalue weighted by Gasteiger charge is 2.40. The molecule has 2 aromatic rings. The van der Waals surface area contributed by atoms with E-state index in [1.165, 1.54) is 6.07 Å². The molecule has 2 saturated heterocycles. The Kier molecular flexibility index (Phi) is 4.94. The first-order valence-electron chi connectivity index (χ1n) is 10.4. The van der Waals surface area contributed by atoms with Crippen LogP contribution in [0.2, 0.25) is 0 Å². The molecule has 0 spiro atoms. The highest BCUT2D eigenvalue weighted by atomic mass is 19.4. The van der Waals surface area contributed by atoms with Crippen molar-refractivity contribution in [3.8, 4) is 5.88 Å². The number of pyridine rings is 1. The van der Waals surface area contributed by atoms with Crippen LogP contribution in [0, 0.1) is 0 Å². The molecule has 1 saturated carbocycles. The molecule has 1 aliphatic carbocycles. The molecular formula is C21H22F3N5O2. The van der Waals surface area contributed by atoms with E-state index in [0.29, 0.717) is 43.7 Å². The van der Waals surface area contributed by atoms with Crippen molar-refractivity contribution >= 4 is 11.7 Å². The van der Waals surface area contributed by atoms with Crippen molar-refractivity contribution in [2.45, 2.75) is 49.9 Å². The normalized spacial score (nSPS) is 24.2. The number of aromatic nitrogens is 3. The number of ether oxygens (including phenoxy) is 1. The molecule has 0 N–H and O–H groups in total. The van der Waals surface area contributed by atoms with Crippen molar-refractivity contribution in [1.29, 1.82) is 0 Å². The van der Waals surface area contributed by atoms with E-state index in [1.54, 1.807) is 17.3 Å². The number of fused-ring (bicyclic) bond motifs is 1. The van der Waals surface area contributed by atoms with E-state index in [1.807, 2.05) is 4.90 Å². The van der Waals surface area contributed by atoms with Crippen molar-refractivity contribution in [3.63, 3.8) is 0 Å². The van der Waals surface area contributed by atoms with E-state index in [-0.39, 0.29) is 24.5 Å². The number of hydrogen-bond acceptors (Lipinski definition) is 6. The van der Waals surface area contributed by atoms with Crippen LogP contribution >= 0.6 is 0 Å². The average Bonchev–Trinajstić information content (AvgIpc) is 3.54. The SMILES string of the molecule is O=C1CCN(c2ccc(C(F)(F)F)cn2)C[C@@H]2C[C@@H](Oc3cnc(C4CC4)cn3)CN12. The molecule has 31 heavy (non-hydrogen) atoms. The van der Waals surface area contributed by atoms with Crippen LogP contribution < -0.4 is 9.64 Å². The molecule has 164 valence electrons. The maximum Gasteiger partial charge on any atom is 0.417 e. The number of carbonyl (C=O) groups excluding carboxylic acids is 1. The predicted molar refractivity (Wildman–Crippen MR) is 105 cm³/mol. The monoisotopic (exact) mass is 433 g/mol. The van der Waals surface area contributed by atoms with Crippen LogP contribution in [-0.4, -0.2) is 57.5 Å². The number of hydrogen-bond donors (Lipinski definition) is 0. The number of amides is 1. The molecule has 0 bridgehead atoms. The summed E-state index contributed by atoms with van der Waals surface area (Å²) in [5.41, 5.74) is 0.203. The highest BCUT2D eigenvalue weighted by molar-refractivity contribution is 5.78. The van der Waals surface area contributed by atoms with Crippen molar-refractivity contribution < 1.29 is 22.7 Å². The first-order valence-corrected chi connectivity index (χ1v) is 10.4. The molecule has 1 amide bonds. The van der Waals surface area contributed by atoms with Crippen LogP contribution in [0.4, 0.5) is 19.0 Å². The van der Waals surface area contributed by atoms with E-state index in [4.69, 9.17) is 4.74 Å². The summed E-state index contributed by atoms with van der Waals surface area (Å²) in [4.78, 5) is 29.1. The first-order chi connectivity index (χ1) is 14.9. The van der Waals surface area contributed by atoms with Crippen LogP contribution in [0.15, 0.2) is 30.7 Å². The van der Waals surface area contributed by atoms with Crippen LogP contribution in [0.25, 0.3) is 0 Å². The number of carbonyl (C=O) groups is 1. The van der Waals surface area contributed by atoms with Gasteiger partial charge < -0.3 is 14.5 Å². The Morgan fingerprint density at radius 3 is 2.52 bits per heavy atom. The summed E-state index contributed by atoms with van der Waals surface area (Å²) in [6.07, 6.45) is 2.81. The van der Waals surface area contributed by atoms with E-state index >= 15 is 0 Å². The number of anilines is 1. The Hall–Kier alpha value is -2.91. The van der Waals surface area contributed by atoms with E-state index in [2.05, 4.69) is 15.0 Å². The zero-order valence-electron chi connectivity index (χ0n) is 16.8. The van der Waals surface area contributed by atoms with Crippen molar-refractivity contribution in [2.24, 2.45) is 0 Å². The lowest BCUT2D eigenvalue weighted by Crippen LogP contribution is -2.38. The Labute approximate surface area is 177 Å². The second kappa shape index (κ2) is 7.65. The van der Waals surface area contributed by atoms with Gasteiger partial charge in [-0.1, -0.05) is 0 Å². The lowest BCUT2D eigenvalue weighted by atomic mass is 10.2. The molecule has 3 fully saturated rings. The molecule has 0 aromatic carbocycles. The van der Waals surface area contributed by atoms with Crippen LogP contribution in [0.5, 0.6) is 5.88 Å². The van der Waals surface area contributed by atoms with E-state index in [9.17, 15) is 18.0 Å². The van der Waals surface area contributed by atoms with Gasteiger partial charge in [-0.3, -0.25) is 9.78 Å². The third-order valence-corrected chi connectivity index (χ3v) is 6.05. The summed E-state index contributed by atoms with van der Waals surface area (Å²) >= 11 is 0. The van der Waals surface area contributed by atoms with Gasteiger partial charge in [0, 0.05) is 38.0 Å². The van der Waals surface area contributed by atoms with Crippen molar-refractivity contribution in [2.75, 3.05) is 24.5 Å². The summed E-state index contributed by atoms with van der Waals surface area (Å²) in [6.45, 7) is 1.38. The molecule has 0 unspecified atom stereocenters. The van der Waals surface area contributed by atoms with Crippen LogP contribution in [0.3, 0.4) is 0 Å². The quantitative estimate of drug-likeness (QED) is 0.738. The van der Waals surface area contributed by atoms with Gasteiger partial charge in [0.15, 0.2) is 0 Å². The molecule has 2 atom stereocenters. The van der Waals surface area contributed by atoms with Crippen LogP contribution in [-0.2, 0) is 11.0 Å². The van der Waals surface area contributed by atoms with E-state index < -0.39 is 11.7 Å². The number of alkyl halides is 3. The highest BCUT2D eigenvalue weighted by Crippen LogP contribution is 2.38. The number of nitrogens with zero attached hydrogens (tertiary/aromatic N) is 5. The van der Waals surface area contributed by atoms with Crippen LogP contribution in [0.1, 0.15) is 42.9 Å². The molecule has 7 nitrogen and oxygen atoms in total. The maximum atomic E-state index is 12.8. The fraction of sp³-hybridized carbons (Fsp3) is 0.524. The molecular weight excluding hydrogens is 411 g/mol. The van der Waals surface area contributed by atoms with E-state index in [0.717, 1.165) is 30.8 Å². The van der Waals surface area contributed by atoms with Gasteiger partial charge in [0.1, 0.15) is 11.9 Å². The van der Waals surface area contributed by atoms with Gasteiger partial charge in [-0.05, 0) is 25.0 Å². The van der Waals surface area contributed by atoms with Gasteiger partial charge in [-0.2, -0.15) is 13.2 Å². The molecule has 3 aliphatic rings. The fourth-order valence-corrected chi connectivity index (χ4v) is 4.25. The average molecular weight is 433 g/mol. The van der Waals surface area contributed by atoms with Gasteiger partial charge >= 0.3 is 6.18 Å². The van der Waals surface area contributed by atoms with Crippen molar-refractivity contribution in [3.05, 3.63) is 42.0 Å². The largest absolute Gasteiger partial charge is 0.471 e. The summed E-state index contributed by atoms with van der Waals surface area (Å²) < 4.78 is 44.4. The fourth-order valence-electron chi connectivity index (χ4n) is 4.25. The standard InChI is InChI=1S/C21H22F3N5O2/c22-21(23,24)14-3-4-18(26-8-14)28-6-5-20(30)29-12-16(7-15(29)11-28)31-19-10-25-17(9-27-19)13-1-2-13/h3-4,8-10,13,15-16H,1-2,5-7,11-12H2/t15-,16+/m0/s1. The van der Waals surface area contributed by atoms with Gasteiger partial charge in [0.25, 0.3) is 0 Å². The molecule has 4 heterocycles. The lowest BCUT2D eigenvalue weighted by Gasteiger charge is -2.26. The summed E-state index contributed by atoms with van der Waals surface area (Å²) in [6, 6.07) is 2.29. The summed E-state index contributed by atoms with van der Waals surface area (Å²) in [5, 5.41) is 0. The number of rotatable bonds is 4. The predicted octanol–water partition coefficient (Wildman–Crippen LogP) is 3.03. The first kappa shape index (κ1) is 20.0. The molecule has 2 aromatic heterocycles.